The second-order valence-corrected chi connectivity index (χ2v) is 4.08. The molecule has 1 atom stereocenters. The number of rotatable bonds is 4. The van der Waals surface area contributed by atoms with Crippen LogP contribution in [0.4, 0.5) is 0 Å². The minimum absolute atomic E-state index is 0.179. The van der Waals surface area contributed by atoms with Crippen molar-refractivity contribution in [1.29, 1.82) is 0 Å². The standard InChI is InChI=1S/C12H17N5/c1-9-12(14-7-6-13-9)10(2)15-8-11-4-5-16-17(11)3/h4-7,10,15H,8H2,1-3H3. The predicted octanol–water partition coefficient (Wildman–Crippen LogP) is 1.37. The molecule has 2 rings (SSSR count). The molecule has 0 radical (unpaired) electrons. The van der Waals surface area contributed by atoms with E-state index < -0.39 is 0 Å². The molecule has 0 aliphatic rings. The average Bonchev–Trinajstić information content (AvgIpc) is 2.72. The smallest absolute Gasteiger partial charge is 0.0782 e. The molecule has 0 aliphatic heterocycles. The van der Waals surface area contributed by atoms with E-state index in [1.54, 1.807) is 18.6 Å². The van der Waals surface area contributed by atoms with Crippen LogP contribution in [-0.4, -0.2) is 19.7 Å². The maximum atomic E-state index is 4.35. The van der Waals surface area contributed by atoms with Gasteiger partial charge in [-0.3, -0.25) is 14.6 Å². The van der Waals surface area contributed by atoms with Gasteiger partial charge in [0, 0.05) is 38.2 Å². The van der Waals surface area contributed by atoms with Crippen molar-refractivity contribution >= 4 is 0 Å². The van der Waals surface area contributed by atoms with Crippen molar-refractivity contribution in [2.24, 2.45) is 7.05 Å². The third-order valence-electron chi connectivity index (χ3n) is 2.84. The highest BCUT2D eigenvalue weighted by molar-refractivity contribution is 5.12. The topological polar surface area (TPSA) is 55.6 Å². The van der Waals surface area contributed by atoms with Gasteiger partial charge in [0.2, 0.25) is 0 Å². The molecule has 0 aliphatic carbocycles. The average molecular weight is 231 g/mol. The van der Waals surface area contributed by atoms with Crippen LogP contribution in [0.25, 0.3) is 0 Å². The molecular weight excluding hydrogens is 214 g/mol. The summed E-state index contributed by atoms with van der Waals surface area (Å²) in [5, 5.41) is 7.55. The van der Waals surface area contributed by atoms with Crippen LogP contribution in [0.2, 0.25) is 0 Å². The van der Waals surface area contributed by atoms with E-state index in [1.807, 2.05) is 24.7 Å². The molecule has 0 bridgehead atoms. The first-order valence-corrected chi connectivity index (χ1v) is 5.66. The Hall–Kier alpha value is -1.75. The lowest BCUT2D eigenvalue weighted by Gasteiger charge is -2.14. The summed E-state index contributed by atoms with van der Waals surface area (Å²) in [6.45, 7) is 4.84. The number of hydrogen-bond donors (Lipinski definition) is 1. The van der Waals surface area contributed by atoms with Crippen LogP contribution in [0.1, 0.15) is 30.0 Å². The van der Waals surface area contributed by atoms with Gasteiger partial charge in [-0.25, -0.2) is 0 Å². The van der Waals surface area contributed by atoms with Gasteiger partial charge in [0.15, 0.2) is 0 Å². The highest BCUT2D eigenvalue weighted by Gasteiger charge is 2.10. The lowest BCUT2D eigenvalue weighted by atomic mass is 10.2. The molecule has 0 fully saturated rings. The third-order valence-corrected chi connectivity index (χ3v) is 2.84. The minimum Gasteiger partial charge on any atom is -0.303 e. The molecule has 0 spiro atoms. The summed E-state index contributed by atoms with van der Waals surface area (Å²) < 4.78 is 1.86. The van der Waals surface area contributed by atoms with Gasteiger partial charge in [-0.15, -0.1) is 0 Å². The van der Waals surface area contributed by atoms with E-state index in [4.69, 9.17) is 0 Å². The largest absolute Gasteiger partial charge is 0.303 e. The van der Waals surface area contributed by atoms with Gasteiger partial charge in [-0.2, -0.15) is 5.10 Å². The number of aromatic nitrogens is 4. The number of nitrogens with zero attached hydrogens (tertiary/aromatic N) is 4. The SMILES string of the molecule is Cc1nccnc1C(C)NCc1ccnn1C. The second-order valence-electron chi connectivity index (χ2n) is 4.08. The van der Waals surface area contributed by atoms with Gasteiger partial charge in [0.1, 0.15) is 0 Å². The molecule has 0 amide bonds. The zero-order valence-electron chi connectivity index (χ0n) is 10.4. The van der Waals surface area contributed by atoms with Gasteiger partial charge in [0.05, 0.1) is 17.1 Å². The molecule has 2 heterocycles. The Kier molecular flexibility index (Phi) is 3.49. The Bertz CT molecular complexity index is 491. The fourth-order valence-corrected chi connectivity index (χ4v) is 1.77. The lowest BCUT2D eigenvalue weighted by Crippen LogP contribution is -2.21. The highest BCUT2D eigenvalue weighted by Crippen LogP contribution is 2.12. The molecule has 2 aromatic rings. The number of hydrogen-bond acceptors (Lipinski definition) is 4. The molecule has 5 nitrogen and oxygen atoms in total. The highest BCUT2D eigenvalue weighted by atomic mass is 15.3. The van der Waals surface area contributed by atoms with Crippen LogP contribution in [0.15, 0.2) is 24.7 Å². The minimum atomic E-state index is 0.179. The number of aryl methyl sites for hydroxylation is 2. The zero-order valence-corrected chi connectivity index (χ0v) is 10.4. The van der Waals surface area contributed by atoms with Crippen molar-refractivity contribution in [3.8, 4) is 0 Å². The summed E-state index contributed by atoms with van der Waals surface area (Å²) in [5.41, 5.74) is 3.12. The van der Waals surface area contributed by atoms with Crippen molar-refractivity contribution in [1.82, 2.24) is 25.1 Å². The maximum Gasteiger partial charge on any atom is 0.0782 e. The maximum absolute atomic E-state index is 4.35. The Labute approximate surface area is 101 Å². The van der Waals surface area contributed by atoms with Crippen LogP contribution in [0, 0.1) is 6.92 Å². The van der Waals surface area contributed by atoms with Gasteiger partial charge in [0.25, 0.3) is 0 Å². The van der Waals surface area contributed by atoms with Gasteiger partial charge >= 0.3 is 0 Å². The van der Waals surface area contributed by atoms with E-state index in [0.29, 0.717) is 0 Å². The molecule has 1 N–H and O–H groups in total. The first-order valence-electron chi connectivity index (χ1n) is 5.66. The predicted molar refractivity (Wildman–Crippen MR) is 65.2 cm³/mol. The fraction of sp³-hybridized carbons (Fsp3) is 0.417. The summed E-state index contributed by atoms with van der Waals surface area (Å²) in [6.07, 6.45) is 5.24. The summed E-state index contributed by atoms with van der Waals surface area (Å²) in [7, 11) is 1.94. The number of nitrogens with one attached hydrogen (secondary N) is 1. The van der Waals surface area contributed by atoms with Gasteiger partial charge in [-0.1, -0.05) is 0 Å². The Morgan fingerprint density at radius 1 is 1.29 bits per heavy atom. The summed E-state index contributed by atoms with van der Waals surface area (Å²) >= 11 is 0. The quantitative estimate of drug-likeness (QED) is 0.863. The van der Waals surface area contributed by atoms with E-state index in [1.165, 1.54) is 0 Å². The van der Waals surface area contributed by atoms with Crippen molar-refractivity contribution in [3.63, 3.8) is 0 Å². The second kappa shape index (κ2) is 5.05. The first-order chi connectivity index (χ1) is 8.18. The van der Waals surface area contributed by atoms with E-state index in [2.05, 4.69) is 27.3 Å². The molecule has 0 aromatic carbocycles. The molecule has 5 heteroatoms. The summed E-state index contributed by atoms with van der Waals surface area (Å²) in [6, 6.07) is 2.18. The normalized spacial score (nSPS) is 12.6. The third kappa shape index (κ3) is 2.68. The molecule has 17 heavy (non-hydrogen) atoms. The Balaban J connectivity index is 2.01. The Morgan fingerprint density at radius 2 is 2.06 bits per heavy atom. The molecule has 90 valence electrons. The molecule has 0 saturated heterocycles. The Morgan fingerprint density at radius 3 is 2.71 bits per heavy atom. The zero-order chi connectivity index (χ0) is 12.3. The summed E-state index contributed by atoms with van der Waals surface area (Å²) in [4.78, 5) is 8.60. The molecule has 1 unspecified atom stereocenters. The summed E-state index contributed by atoms with van der Waals surface area (Å²) in [5.74, 6) is 0. The van der Waals surface area contributed by atoms with Gasteiger partial charge < -0.3 is 5.32 Å². The fourth-order valence-electron chi connectivity index (χ4n) is 1.77. The monoisotopic (exact) mass is 231 g/mol. The van der Waals surface area contributed by atoms with Crippen LogP contribution in [-0.2, 0) is 13.6 Å². The van der Waals surface area contributed by atoms with Crippen molar-refractivity contribution in [3.05, 3.63) is 41.7 Å². The van der Waals surface area contributed by atoms with Crippen molar-refractivity contribution in [2.45, 2.75) is 26.4 Å². The van der Waals surface area contributed by atoms with E-state index in [0.717, 1.165) is 23.6 Å². The molecule has 2 aromatic heterocycles. The molecule has 0 saturated carbocycles. The van der Waals surface area contributed by atoms with E-state index >= 15 is 0 Å². The van der Waals surface area contributed by atoms with Crippen molar-refractivity contribution < 1.29 is 0 Å². The first kappa shape index (κ1) is 11.7. The van der Waals surface area contributed by atoms with Crippen LogP contribution >= 0.6 is 0 Å². The van der Waals surface area contributed by atoms with Crippen LogP contribution < -0.4 is 5.32 Å². The lowest BCUT2D eigenvalue weighted by molar-refractivity contribution is 0.533. The van der Waals surface area contributed by atoms with Crippen LogP contribution in [0.5, 0.6) is 0 Å². The van der Waals surface area contributed by atoms with Crippen molar-refractivity contribution in [2.75, 3.05) is 0 Å². The van der Waals surface area contributed by atoms with Crippen LogP contribution in [0.3, 0.4) is 0 Å². The van der Waals surface area contributed by atoms with Gasteiger partial charge in [-0.05, 0) is 19.9 Å². The van der Waals surface area contributed by atoms with E-state index in [9.17, 15) is 0 Å². The van der Waals surface area contributed by atoms with E-state index in [-0.39, 0.29) is 6.04 Å². The molecular formula is C12H17N5.